The van der Waals surface area contributed by atoms with Gasteiger partial charge in [-0.1, -0.05) is 12.1 Å². The van der Waals surface area contributed by atoms with E-state index >= 15 is 0 Å². The van der Waals surface area contributed by atoms with Gasteiger partial charge in [-0.2, -0.15) is 5.10 Å². The van der Waals surface area contributed by atoms with Gasteiger partial charge in [0.2, 0.25) is 5.91 Å². The Kier molecular flexibility index (Phi) is 2.62. The van der Waals surface area contributed by atoms with Crippen LogP contribution in [0.1, 0.15) is 29.2 Å². The molecule has 1 atom stereocenters. The Morgan fingerprint density at radius 3 is 2.74 bits per heavy atom. The van der Waals surface area contributed by atoms with Crippen molar-refractivity contribution in [2.24, 2.45) is 7.05 Å². The topological polar surface area (TPSA) is 46.9 Å². The fourth-order valence-electron chi connectivity index (χ4n) is 2.69. The van der Waals surface area contributed by atoms with E-state index in [0.29, 0.717) is 6.42 Å². The normalized spacial score (nSPS) is 18.1. The highest BCUT2D eigenvalue weighted by molar-refractivity contribution is 5.94. The van der Waals surface area contributed by atoms with Crippen molar-refractivity contribution in [2.75, 3.05) is 5.32 Å². The number of aryl methyl sites for hydroxylation is 2. The summed E-state index contributed by atoms with van der Waals surface area (Å²) in [6, 6.07) is 6.31. The lowest BCUT2D eigenvalue weighted by molar-refractivity contribution is -0.116. The molecule has 1 amide bonds. The molecule has 5 heteroatoms. The number of carbonyl (C=O) groups excluding carboxylic acids is 1. The van der Waals surface area contributed by atoms with Crippen LogP contribution in [0.2, 0.25) is 0 Å². The Balaban J connectivity index is 2.13. The van der Waals surface area contributed by atoms with E-state index in [4.69, 9.17) is 0 Å². The number of amides is 1. The van der Waals surface area contributed by atoms with Gasteiger partial charge in [-0.25, -0.2) is 4.39 Å². The maximum absolute atomic E-state index is 13.0. The summed E-state index contributed by atoms with van der Waals surface area (Å²) in [6.45, 7) is 1.92. The number of benzene rings is 1. The number of fused-ring (bicyclic) bond motifs is 1. The minimum absolute atomic E-state index is 0.0372. The fourth-order valence-corrected chi connectivity index (χ4v) is 2.69. The molecule has 1 N–H and O–H groups in total. The standard InChI is InChI=1S/C14H14FN3O/c1-8-13-11(9-3-5-10(15)6-4-9)7-12(19)16-14(13)18(2)17-8/h3-6,11H,7H2,1-2H3,(H,16,19). The Labute approximate surface area is 110 Å². The van der Waals surface area contributed by atoms with Crippen molar-refractivity contribution < 1.29 is 9.18 Å². The Hall–Kier alpha value is -2.17. The molecule has 0 saturated heterocycles. The summed E-state index contributed by atoms with van der Waals surface area (Å²) < 4.78 is 14.7. The molecule has 1 aromatic carbocycles. The molecule has 2 aromatic rings. The van der Waals surface area contributed by atoms with E-state index in [1.807, 2.05) is 6.92 Å². The highest BCUT2D eigenvalue weighted by Gasteiger charge is 2.31. The van der Waals surface area contributed by atoms with E-state index in [1.165, 1.54) is 12.1 Å². The molecule has 3 rings (SSSR count). The molecule has 1 aliphatic rings. The van der Waals surface area contributed by atoms with Gasteiger partial charge in [-0.15, -0.1) is 0 Å². The first-order chi connectivity index (χ1) is 9.06. The number of carbonyl (C=O) groups is 1. The average molecular weight is 259 g/mol. The van der Waals surface area contributed by atoms with Gasteiger partial charge in [-0.3, -0.25) is 9.48 Å². The molecule has 1 unspecified atom stereocenters. The van der Waals surface area contributed by atoms with Crippen molar-refractivity contribution in [2.45, 2.75) is 19.3 Å². The lowest BCUT2D eigenvalue weighted by atomic mass is 9.86. The van der Waals surface area contributed by atoms with Crippen LogP contribution in [0.5, 0.6) is 0 Å². The summed E-state index contributed by atoms with van der Waals surface area (Å²) in [6.07, 6.45) is 0.366. The quantitative estimate of drug-likeness (QED) is 0.854. The van der Waals surface area contributed by atoms with Gasteiger partial charge in [0.25, 0.3) is 0 Å². The van der Waals surface area contributed by atoms with Gasteiger partial charge < -0.3 is 5.32 Å². The highest BCUT2D eigenvalue weighted by Crippen LogP contribution is 2.38. The maximum Gasteiger partial charge on any atom is 0.226 e. The van der Waals surface area contributed by atoms with Crippen LogP contribution in [0.25, 0.3) is 0 Å². The van der Waals surface area contributed by atoms with E-state index in [1.54, 1.807) is 23.9 Å². The zero-order valence-corrected chi connectivity index (χ0v) is 10.8. The predicted octanol–water partition coefficient (Wildman–Crippen LogP) is 2.34. The van der Waals surface area contributed by atoms with E-state index in [0.717, 1.165) is 22.6 Å². The summed E-state index contributed by atoms with van der Waals surface area (Å²) in [7, 11) is 1.80. The summed E-state index contributed by atoms with van der Waals surface area (Å²) >= 11 is 0. The number of aromatic nitrogens is 2. The Morgan fingerprint density at radius 1 is 1.37 bits per heavy atom. The average Bonchev–Trinajstić information content (AvgIpc) is 2.65. The molecule has 98 valence electrons. The van der Waals surface area contributed by atoms with Crippen LogP contribution in [0.3, 0.4) is 0 Å². The second kappa shape index (κ2) is 4.19. The number of rotatable bonds is 1. The van der Waals surface area contributed by atoms with E-state index in [2.05, 4.69) is 10.4 Å². The minimum atomic E-state index is -0.271. The molecule has 1 aromatic heterocycles. The number of nitrogens with one attached hydrogen (secondary N) is 1. The van der Waals surface area contributed by atoms with Gasteiger partial charge in [-0.05, 0) is 24.6 Å². The smallest absolute Gasteiger partial charge is 0.226 e. The number of nitrogens with zero attached hydrogens (tertiary/aromatic N) is 2. The van der Waals surface area contributed by atoms with E-state index in [-0.39, 0.29) is 17.6 Å². The Morgan fingerprint density at radius 2 is 2.05 bits per heavy atom. The number of hydrogen-bond acceptors (Lipinski definition) is 2. The van der Waals surface area contributed by atoms with Crippen molar-refractivity contribution in [1.82, 2.24) is 9.78 Å². The van der Waals surface area contributed by atoms with Crippen molar-refractivity contribution in [3.63, 3.8) is 0 Å². The summed E-state index contributed by atoms with van der Waals surface area (Å²) in [4.78, 5) is 11.8. The molecule has 0 saturated carbocycles. The highest BCUT2D eigenvalue weighted by atomic mass is 19.1. The molecule has 0 spiro atoms. The third kappa shape index (κ3) is 1.91. The molecule has 0 fully saturated rings. The van der Waals surface area contributed by atoms with Crippen molar-refractivity contribution in [3.05, 3.63) is 46.9 Å². The molecular formula is C14H14FN3O. The van der Waals surface area contributed by atoms with E-state index in [9.17, 15) is 9.18 Å². The van der Waals surface area contributed by atoms with Gasteiger partial charge >= 0.3 is 0 Å². The molecule has 1 aliphatic heterocycles. The molecule has 19 heavy (non-hydrogen) atoms. The van der Waals surface area contributed by atoms with Crippen LogP contribution in [0.15, 0.2) is 24.3 Å². The van der Waals surface area contributed by atoms with Crippen LogP contribution < -0.4 is 5.32 Å². The molecular weight excluding hydrogens is 245 g/mol. The molecule has 0 aliphatic carbocycles. The number of anilines is 1. The van der Waals surface area contributed by atoms with Crippen LogP contribution >= 0.6 is 0 Å². The molecule has 2 heterocycles. The molecule has 4 nitrogen and oxygen atoms in total. The maximum atomic E-state index is 13.0. The molecule has 0 bridgehead atoms. The summed E-state index contributed by atoms with van der Waals surface area (Å²) in [5.74, 6) is 0.373. The SMILES string of the molecule is Cc1nn(C)c2c1C(c1ccc(F)cc1)CC(=O)N2. The van der Waals surface area contributed by atoms with Gasteiger partial charge in [0.15, 0.2) is 0 Å². The monoisotopic (exact) mass is 259 g/mol. The van der Waals surface area contributed by atoms with E-state index < -0.39 is 0 Å². The van der Waals surface area contributed by atoms with Crippen molar-refractivity contribution in [3.8, 4) is 0 Å². The van der Waals surface area contributed by atoms with Gasteiger partial charge in [0.1, 0.15) is 11.6 Å². The zero-order chi connectivity index (χ0) is 13.6. The minimum Gasteiger partial charge on any atom is -0.311 e. The summed E-state index contributed by atoms with van der Waals surface area (Å²) in [5, 5.41) is 7.20. The second-order valence-electron chi connectivity index (χ2n) is 4.83. The fraction of sp³-hybridized carbons (Fsp3) is 0.286. The van der Waals surface area contributed by atoms with Crippen LogP contribution in [-0.2, 0) is 11.8 Å². The van der Waals surface area contributed by atoms with Crippen molar-refractivity contribution >= 4 is 11.7 Å². The van der Waals surface area contributed by atoms with Crippen LogP contribution in [-0.4, -0.2) is 15.7 Å². The number of hydrogen-bond donors (Lipinski definition) is 1. The molecule has 0 radical (unpaired) electrons. The predicted molar refractivity (Wildman–Crippen MR) is 69.4 cm³/mol. The van der Waals surface area contributed by atoms with Gasteiger partial charge in [0, 0.05) is 24.9 Å². The van der Waals surface area contributed by atoms with Gasteiger partial charge in [0.05, 0.1) is 5.69 Å². The van der Waals surface area contributed by atoms with Crippen molar-refractivity contribution in [1.29, 1.82) is 0 Å². The first-order valence-corrected chi connectivity index (χ1v) is 6.15. The second-order valence-corrected chi connectivity index (χ2v) is 4.83. The van der Waals surface area contributed by atoms with Crippen LogP contribution in [0.4, 0.5) is 10.2 Å². The largest absolute Gasteiger partial charge is 0.311 e. The zero-order valence-electron chi connectivity index (χ0n) is 10.8. The lowest BCUT2D eigenvalue weighted by Gasteiger charge is -2.24. The first-order valence-electron chi connectivity index (χ1n) is 6.15. The third-order valence-electron chi connectivity index (χ3n) is 3.54. The third-order valence-corrected chi connectivity index (χ3v) is 3.54. The first kappa shape index (κ1) is 11.9. The lowest BCUT2D eigenvalue weighted by Crippen LogP contribution is -2.24. The Bertz CT molecular complexity index is 645. The summed E-state index contributed by atoms with van der Waals surface area (Å²) in [5.41, 5.74) is 2.86. The number of halogens is 1. The van der Waals surface area contributed by atoms with Crippen LogP contribution in [0, 0.1) is 12.7 Å².